The van der Waals surface area contributed by atoms with Crippen molar-refractivity contribution in [2.75, 3.05) is 43.5 Å². The number of piperidine rings is 1. The second-order valence-corrected chi connectivity index (χ2v) is 8.44. The van der Waals surface area contributed by atoms with Crippen molar-refractivity contribution in [1.29, 1.82) is 0 Å². The van der Waals surface area contributed by atoms with Gasteiger partial charge in [-0.2, -0.15) is 0 Å². The summed E-state index contributed by atoms with van der Waals surface area (Å²) in [4.78, 5) is 19.5. The van der Waals surface area contributed by atoms with Crippen LogP contribution < -0.4 is 20.3 Å². The van der Waals surface area contributed by atoms with E-state index in [0.29, 0.717) is 28.8 Å². The van der Waals surface area contributed by atoms with Crippen LogP contribution in [0.15, 0.2) is 36.7 Å². The number of nitrogens with zero attached hydrogens (tertiary/aromatic N) is 3. The molecule has 2 aliphatic rings. The fraction of sp³-hybridized carbons (Fsp3) is 0.391. The van der Waals surface area contributed by atoms with Crippen LogP contribution in [0.4, 0.5) is 15.8 Å². The number of rotatable bonds is 4. The molecule has 8 heteroatoms. The Labute approximate surface area is 180 Å². The largest absolute Gasteiger partial charge is 0.496 e. The van der Waals surface area contributed by atoms with Crippen molar-refractivity contribution in [2.24, 2.45) is 11.8 Å². The molecule has 1 amide bonds. The van der Waals surface area contributed by atoms with Gasteiger partial charge in [-0.3, -0.25) is 4.79 Å². The van der Waals surface area contributed by atoms with Crippen molar-refractivity contribution in [3.63, 3.8) is 0 Å². The van der Waals surface area contributed by atoms with Crippen molar-refractivity contribution in [1.82, 2.24) is 14.7 Å². The molecule has 0 spiro atoms. The van der Waals surface area contributed by atoms with Crippen molar-refractivity contribution in [3.05, 3.63) is 53.7 Å². The zero-order valence-electron chi connectivity index (χ0n) is 17.7. The Kier molecular flexibility index (Phi) is 5.02. The maximum atomic E-state index is 14.9. The van der Waals surface area contributed by atoms with Gasteiger partial charge < -0.3 is 24.7 Å². The first kappa shape index (κ1) is 19.8. The lowest BCUT2D eigenvalue weighted by atomic mass is 9.90. The van der Waals surface area contributed by atoms with E-state index in [-0.39, 0.29) is 5.69 Å². The minimum absolute atomic E-state index is 0.149. The first-order valence-corrected chi connectivity index (χ1v) is 10.6. The van der Waals surface area contributed by atoms with E-state index in [2.05, 4.69) is 20.5 Å². The average molecular weight is 423 g/mol. The average Bonchev–Trinajstić information content (AvgIpc) is 3.36. The van der Waals surface area contributed by atoms with Gasteiger partial charge >= 0.3 is 0 Å². The summed E-state index contributed by atoms with van der Waals surface area (Å²) in [7, 11) is 1.50. The maximum Gasteiger partial charge on any atom is 0.261 e. The summed E-state index contributed by atoms with van der Waals surface area (Å²) in [5.74, 6) is 0.788. The van der Waals surface area contributed by atoms with E-state index in [1.165, 1.54) is 19.6 Å². The topological polar surface area (TPSA) is 70.9 Å². The number of amides is 1. The van der Waals surface area contributed by atoms with E-state index in [1.807, 2.05) is 19.2 Å². The summed E-state index contributed by atoms with van der Waals surface area (Å²) >= 11 is 0. The first-order chi connectivity index (χ1) is 15.0. The summed E-state index contributed by atoms with van der Waals surface area (Å²) in [6.07, 6.45) is 4.64. The summed E-state index contributed by atoms with van der Waals surface area (Å²) in [6, 6.07) is 6.72. The van der Waals surface area contributed by atoms with Crippen LogP contribution >= 0.6 is 0 Å². The number of imidazole rings is 1. The molecule has 2 N–H and O–H groups in total. The number of methoxy groups -OCH3 is 1. The highest BCUT2D eigenvalue weighted by molar-refractivity contribution is 6.06. The first-order valence-electron chi connectivity index (χ1n) is 10.6. The number of aromatic nitrogens is 2. The van der Waals surface area contributed by atoms with Gasteiger partial charge in [0.1, 0.15) is 17.2 Å². The highest BCUT2D eigenvalue weighted by Gasteiger charge is 2.34. The standard InChI is InChI=1S/C23H26FN5O2/c1-14-10-29-13-18(21(31-2)8-22(29)26-14)23(30)27-20-4-3-17(7-19(20)24)28-11-15-5-6-25-9-16(15)12-28/h3-4,7-8,10,13,15-16,25H,5-6,9,11-12H2,1-2H3,(H,27,30)/t15-,16+/m0/s1. The molecule has 2 saturated heterocycles. The molecule has 31 heavy (non-hydrogen) atoms. The normalized spacial score (nSPS) is 20.7. The number of benzene rings is 1. The molecule has 3 aromatic rings. The third-order valence-electron chi connectivity index (χ3n) is 6.38. The van der Waals surface area contributed by atoms with Gasteiger partial charge in [0.25, 0.3) is 5.91 Å². The van der Waals surface area contributed by atoms with Crippen LogP contribution in [-0.4, -0.2) is 48.6 Å². The molecule has 0 unspecified atom stereocenters. The predicted octanol–water partition coefficient (Wildman–Crippen LogP) is 3.09. The summed E-state index contributed by atoms with van der Waals surface area (Å²) in [5.41, 5.74) is 2.84. The number of anilines is 2. The van der Waals surface area contributed by atoms with Crippen molar-refractivity contribution in [3.8, 4) is 5.75 Å². The van der Waals surface area contributed by atoms with Crippen molar-refractivity contribution in [2.45, 2.75) is 13.3 Å². The van der Waals surface area contributed by atoms with Gasteiger partial charge in [-0.15, -0.1) is 0 Å². The number of hydrogen-bond acceptors (Lipinski definition) is 5. The van der Waals surface area contributed by atoms with Crippen LogP contribution in [0, 0.1) is 24.6 Å². The molecule has 0 radical (unpaired) electrons. The van der Waals surface area contributed by atoms with Crippen molar-refractivity contribution >= 4 is 22.9 Å². The SMILES string of the molecule is COc1cc2nc(C)cn2cc1C(=O)Nc1ccc(N2C[C@H]3CNCC[C@H]3C2)cc1F. The highest BCUT2D eigenvalue weighted by Crippen LogP contribution is 2.33. The molecule has 2 atom stereocenters. The molecule has 7 nitrogen and oxygen atoms in total. The number of nitrogens with one attached hydrogen (secondary N) is 2. The van der Waals surface area contributed by atoms with Gasteiger partial charge in [0, 0.05) is 37.2 Å². The van der Waals surface area contributed by atoms with Crippen LogP contribution in [0.1, 0.15) is 22.5 Å². The molecule has 0 aliphatic carbocycles. The Bertz CT molecular complexity index is 1130. The van der Waals surface area contributed by atoms with Gasteiger partial charge in [0.15, 0.2) is 0 Å². The highest BCUT2D eigenvalue weighted by atomic mass is 19.1. The Hall–Kier alpha value is -3.13. The Morgan fingerprint density at radius 3 is 2.87 bits per heavy atom. The zero-order valence-corrected chi connectivity index (χ0v) is 17.7. The number of pyridine rings is 1. The minimum Gasteiger partial charge on any atom is -0.496 e. The number of hydrogen-bond donors (Lipinski definition) is 2. The number of carbonyl (C=O) groups is 1. The van der Waals surface area contributed by atoms with Crippen LogP contribution in [0.2, 0.25) is 0 Å². The molecule has 2 aliphatic heterocycles. The molecule has 5 rings (SSSR count). The quantitative estimate of drug-likeness (QED) is 0.675. The lowest BCUT2D eigenvalue weighted by molar-refractivity contribution is 0.102. The van der Waals surface area contributed by atoms with Gasteiger partial charge in [-0.25, -0.2) is 9.37 Å². The van der Waals surface area contributed by atoms with Gasteiger partial charge in [-0.05, 0) is 56.5 Å². The Morgan fingerprint density at radius 2 is 2.10 bits per heavy atom. The molecule has 1 aromatic carbocycles. The minimum atomic E-state index is -0.447. The molecule has 0 bridgehead atoms. The predicted molar refractivity (Wildman–Crippen MR) is 118 cm³/mol. The van der Waals surface area contributed by atoms with Crippen molar-refractivity contribution < 1.29 is 13.9 Å². The number of halogens is 1. The fourth-order valence-corrected chi connectivity index (χ4v) is 4.76. The van der Waals surface area contributed by atoms with E-state index in [4.69, 9.17) is 4.74 Å². The van der Waals surface area contributed by atoms with Gasteiger partial charge in [-0.1, -0.05) is 0 Å². The monoisotopic (exact) mass is 423 g/mol. The fourth-order valence-electron chi connectivity index (χ4n) is 4.76. The third-order valence-corrected chi connectivity index (χ3v) is 6.38. The summed E-state index contributed by atoms with van der Waals surface area (Å²) < 4.78 is 22.0. The van der Waals surface area contributed by atoms with Gasteiger partial charge in [0.05, 0.1) is 24.1 Å². The third kappa shape index (κ3) is 3.72. The molecule has 0 saturated carbocycles. The molecule has 4 heterocycles. The van der Waals surface area contributed by atoms with Crippen LogP contribution in [0.5, 0.6) is 5.75 Å². The Morgan fingerprint density at radius 1 is 1.26 bits per heavy atom. The van der Waals surface area contributed by atoms with E-state index in [9.17, 15) is 9.18 Å². The maximum absolute atomic E-state index is 14.9. The van der Waals surface area contributed by atoms with Crippen LogP contribution in [0.3, 0.4) is 0 Å². The molecular formula is C23H26FN5O2. The Balaban J connectivity index is 1.35. The molecule has 2 aromatic heterocycles. The lowest BCUT2D eigenvalue weighted by Crippen LogP contribution is -2.35. The smallest absolute Gasteiger partial charge is 0.261 e. The second-order valence-electron chi connectivity index (χ2n) is 8.44. The molecule has 162 valence electrons. The number of aryl methyl sites for hydroxylation is 1. The zero-order chi connectivity index (χ0) is 21.5. The summed E-state index contributed by atoms with van der Waals surface area (Å²) in [5, 5.41) is 6.13. The molecule has 2 fully saturated rings. The molecular weight excluding hydrogens is 397 g/mol. The van der Waals surface area contributed by atoms with Gasteiger partial charge in [0.2, 0.25) is 0 Å². The number of carbonyl (C=O) groups excluding carboxylic acids is 1. The second kappa shape index (κ2) is 7.85. The van der Waals surface area contributed by atoms with E-state index in [1.54, 1.807) is 22.7 Å². The van der Waals surface area contributed by atoms with Crippen LogP contribution in [0.25, 0.3) is 5.65 Å². The lowest BCUT2D eigenvalue weighted by Gasteiger charge is -2.23. The van der Waals surface area contributed by atoms with E-state index < -0.39 is 11.7 Å². The van der Waals surface area contributed by atoms with Crippen LogP contribution in [-0.2, 0) is 0 Å². The van der Waals surface area contributed by atoms with E-state index >= 15 is 0 Å². The number of ether oxygens (including phenoxy) is 1. The van der Waals surface area contributed by atoms with E-state index in [0.717, 1.165) is 37.6 Å². The number of fused-ring (bicyclic) bond motifs is 2. The summed E-state index contributed by atoms with van der Waals surface area (Å²) in [6.45, 7) is 5.86.